The van der Waals surface area contributed by atoms with Crippen LogP contribution in [0.25, 0.3) is 11.0 Å². The number of rotatable bonds is 5. The van der Waals surface area contributed by atoms with Crippen molar-refractivity contribution in [2.75, 3.05) is 6.61 Å². The smallest absolute Gasteiger partial charge is 0.343 e. The Morgan fingerprint density at radius 3 is 2.76 bits per heavy atom. The first-order valence-electron chi connectivity index (χ1n) is 8.10. The van der Waals surface area contributed by atoms with Crippen molar-refractivity contribution in [3.63, 3.8) is 0 Å². The van der Waals surface area contributed by atoms with E-state index in [0.717, 1.165) is 6.42 Å². The van der Waals surface area contributed by atoms with Gasteiger partial charge in [-0.25, -0.2) is 9.59 Å². The summed E-state index contributed by atoms with van der Waals surface area (Å²) in [5.41, 5.74) is 1.04. The number of hydrogen-bond acceptors (Lipinski definition) is 5. The first-order valence-corrected chi connectivity index (χ1v) is 8.10. The molecule has 0 aliphatic rings. The average Bonchev–Trinajstić information content (AvgIpc) is 2.63. The van der Waals surface area contributed by atoms with Crippen molar-refractivity contribution in [3.05, 3.63) is 75.6 Å². The number of aromatic hydroxyl groups is 1. The normalized spacial score (nSPS) is 10.8. The molecule has 3 aromatic rings. The van der Waals surface area contributed by atoms with E-state index in [2.05, 4.69) is 0 Å². The first-order chi connectivity index (χ1) is 12.1. The Hall–Kier alpha value is -3.08. The maximum absolute atomic E-state index is 12.2. The molecule has 0 aliphatic heterocycles. The second kappa shape index (κ2) is 7.21. The molecule has 0 spiro atoms. The van der Waals surface area contributed by atoms with Crippen LogP contribution >= 0.6 is 0 Å². The minimum Gasteiger partial charge on any atom is -0.507 e. The van der Waals surface area contributed by atoms with Crippen molar-refractivity contribution in [1.82, 2.24) is 0 Å². The summed E-state index contributed by atoms with van der Waals surface area (Å²) in [5, 5.41) is 10.9. The van der Waals surface area contributed by atoms with Crippen LogP contribution in [0.2, 0.25) is 0 Å². The van der Waals surface area contributed by atoms with Gasteiger partial charge in [-0.3, -0.25) is 0 Å². The fraction of sp³-hybridized carbons (Fsp3) is 0.200. The molecule has 0 radical (unpaired) electrons. The van der Waals surface area contributed by atoms with E-state index in [1.807, 2.05) is 6.92 Å². The predicted octanol–water partition coefficient (Wildman–Crippen LogP) is 3.66. The van der Waals surface area contributed by atoms with Crippen LogP contribution in [0.15, 0.2) is 57.7 Å². The molecule has 5 heteroatoms. The Labute approximate surface area is 144 Å². The zero-order valence-electron chi connectivity index (χ0n) is 13.8. The molecule has 0 aliphatic carbocycles. The van der Waals surface area contributed by atoms with Crippen LogP contribution in [0.4, 0.5) is 0 Å². The third-order valence-corrected chi connectivity index (χ3v) is 3.86. The molecular weight excluding hydrogens is 320 g/mol. The highest BCUT2D eigenvalue weighted by Crippen LogP contribution is 2.27. The van der Waals surface area contributed by atoms with Crippen molar-refractivity contribution in [1.29, 1.82) is 0 Å². The number of carbonyl (C=O) groups is 1. The Morgan fingerprint density at radius 1 is 1.16 bits per heavy atom. The van der Waals surface area contributed by atoms with Gasteiger partial charge in [0.2, 0.25) is 0 Å². The zero-order chi connectivity index (χ0) is 17.8. The van der Waals surface area contributed by atoms with E-state index >= 15 is 0 Å². The molecule has 0 bridgehead atoms. The Kier molecular flexibility index (Phi) is 4.84. The van der Waals surface area contributed by atoms with Crippen LogP contribution < -0.4 is 5.63 Å². The predicted molar refractivity (Wildman–Crippen MR) is 94.0 cm³/mol. The summed E-state index contributed by atoms with van der Waals surface area (Å²) in [7, 11) is 0. The highest BCUT2D eigenvalue weighted by Gasteiger charge is 2.15. The lowest BCUT2D eigenvalue weighted by Crippen LogP contribution is -2.10. The number of ether oxygens (including phenoxy) is 1. The van der Waals surface area contributed by atoms with E-state index in [1.165, 1.54) is 0 Å². The summed E-state index contributed by atoms with van der Waals surface area (Å²) in [6.45, 7) is 2.28. The summed E-state index contributed by atoms with van der Waals surface area (Å²) in [6.07, 6.45) is 0.908. The van der Waals surface area contributed by atoms with E-state index in [-0.39, 0.29) is 17.7 Å². The molecule has 1 aromatic heterocycles. The molecular formula is C20H18O5. The van der Waals surface area contributed by atoms with Gasteiger partial charge in [0.25, 0.3) is 0 Å². The second-order valence-electron chi connectivity index (χ2n) is 5.73. The molecule has 2 aromatic carbocycles. The van der Waals surface area contributed by atoms with Crippen molar-refractivity contribution in [2.24, 2.45) is 0 Å². The van der Waals surface area contributed by atoms with Crippen molar-refractivity contribution in [2.45, 2.75) is 19.8 Å². The van der Waals surface area contributed by atoms with Gasteiger partial charge in [0.15, 0.2) is 0 Å². The highest BCUT2D eigenvalue weighted by atomic mass is 16.5. The van der Waals surface area contributed by atoms with Crippen LogP contribution in [0.3, 0.4) is 0 Å². The van der Waals surface area contributed by atoms with E-state index in [4.69, 9.17) is 9.15 Å². The van der Waals surface area contributed by atoms with E-state index in [1.54, 1.807) is 48.5 Å². The van der Waals surface area contributed by atoms with Gasteiger partial charge in [-0.2, -0.15) is 0 Å². The largest absolute Gasteiger partial charge is 0.507 e. The number of hydrogen-bond donors (Lipinski definition) is 1. The van der Waals surface area contributed by atoms with E-state index in [9.17, 15) is 14.7 Å². The molecule has 3 rings (SSSR count). The third-order valence-electron chi connectivity index (χ3n) is 3.86. The molecule has 0 saturated heterocycles. The van der Waals surface area contributed by atoms with Gasteiger partial charge in [0.1, 0.15) is 11.3 Å². The quantitative estimate of drug-likeness (QED) is 0.567. The number of esters is 1. The van der Waals surface area contributed by atoms with Crippen LogP contribution in [0.5, 0.6) is 5.75 Å². The maximum Gasteiger partial charge on any atom is 0.343 e. The van der Waals surface area contributed by atoms with Crippen LogP contribution in [0.1, 0.15) is 34.8 Å². The minimum atomic E-state index is -0.588. The SMILES string of the molecule is CCCOC(=O)c1cccc(Cc2c(O)c3ccccc3oc2=O)c1. The summed E-state index contributed by atoms with van der Waals surface area (Å²) in [6, 6.07) is 13.6. The molecule has 5 nitrogen and oxygen atoms in total. The maximum atomic E-state index is 12.2. The fourth-order valence-electron chi connectivity index (χ4n) is 2.62. The standard InChI is InChI=1S/C20H18O5/c1-2-10-24-19(22)14-7-5-6-13(11-14)12-16-18(21)15-8-3-4-9-17(15)25-20(16)23/h3-9,11,21H,2,10,12H2,1H3. The lowest BCUT2D eigenvalue weighted by Gasteiger charge is -2.08. The number of para-hydroxylation sites is 1. The van der Waals surface area contributed by atoms with Crippen LogP contribution in [-0.2, 0) is 11.2 Å². The summed E-state index contributed by atoms with van der Waals surface area (Å²) < 4.78 is 10.4. The van der Waals surface area contributed by atoms with Gasteiger partial charge in [0, 0.05) is 6.42 Å². The van der Waals surface area contributed by atoms with Gasteiger partial charge in [0.05, 0.1) is 23.1 Å². The van der Waals surface area contributed by atoms with Crippen molar-refractivity contribution in [3.8, 4) is 5.75 Å². The molecule has 0 amide bonds. The molecule has 0 fully saturated rings. The molecule has 0 atom stereocenters. The lowest BCUT2D eigenvalue weighted by molar-refractivity contribution is 0.0505. The Bertz CT molecular complexity index is 971. The monoisotopic (exact) mass is 338 g/mol. The third kappa shape index (κ3) is 3.55. The van der Waals surface area contributed by atoms with Gasteiger partial charge in [-0.1, -0.05) is 31.2 Å². The molecule has 25 heavy (non-hydrogen) atoms. The zero-order valence-corrected chi connectivity index (χ0v) is 13.8. The molecule has 1 heterocycles. The number of carbonyl (C=O) groups excluding carboxylic acids is 1. The van der Waals surface area contributed by atoms with Crippen LogP contribution in [0, 0.1) is 0 Å². The van der Waals surface area contributed by atoms with Gasteiger partial charge < -0.3 is 14.3 Å². The first kappa shape index (κ1) is 16.8. The molecule has 1 N–H and O–H groups in total. The molecule has 128 valence electrons. The van der Waals surface area contributed by atoms with Gasteiger partial charge in [-0.05, 0) is 36.2 Å². The summed E-state index contributed by atoms with van der Waals surface area (Å²) >= 11 is 0. The summed E-state index contributed by atoms with van der Waals surface area (Å²) in [4.78, 5) is 24.2. The number of fused-ring (bicyclic) bond motifs is 1. The molecule has 0 saturated carbocycles. The lowest BCUT2D eigenvalue weighted by atomic mass is 10.0. The van der Waals surface area contributed by atoms with Crippen molar-refractivity contribution < 1.29 is 19.1 Å². The van der Waals surface area contributed by atoms with Gasteiger partial charge in [-0.15, -0.1) is 0 Å². The second-order valence-corrected chi connectivity index (χ2v) is 5.73. The highest BCUT2D eigenvalue weighted by molar-refractivity contribution is 5.89. The topological polar surface area (TPSA) is 76.7 Å². The van der Waals surface area contributed by atoms with E-state index < -0.39 is 11.6 Å². The van der Waals surface area contributed by atoms with Crippen molar-refractivity contribution >= 4 is 16.9 Å². The Morgan fingerprint density at radius 2 is 1.96 bits per heavy atom. The Balaban J connectivity index is 1.94. The van der Waals surface area contributed by atoms with E-state index in [0.29, 0.717) is 28.7 Å². The van der Waals surface area contributed by atoms with Crippen LogP contribution in [-0.4, -0.2) is 17.7 Å². The average molecular weight is 338 g/mol. The minimum absolute atomic E-state index is 0.0918. The number of benzene rings is 2. The summed E-state index contributed by atoms with van der Waals surface area (Å²) in [5.74, 6) is -0.496. The fourth-order valence-corrected chi connectivity index (χ4v) is 2.62. The molecule has 0 unspecified atom stereocenters. The van der Waals surface area contributed by atoms with Gasteiger partial charge >= 0.3 is 11.6 Å².